The number of aryl methyl sites for hydroxylation is 2. The van der Waals surface area contributed by atoms with Crippen molar-refractivity contribution in [1.82, 2.24) is 10.2 Å². The highest BCUT2D eigenvalue weighted by Gasteiger charge is 2.25. The minimum atomic E-state index is -4.00. The summed E-state index contributed by atoms with van der Waals surface area (Å²) in [6, 6.07) is 14.1. The molecule has 0 aliphatic rings. The van der Waals surface area contributed by atoms with E-state index in [-0.39, 0.29) is 10.6 Å². The van der Waals surface area contributed by atoms with Crippen LogP contribution in [0.1, 0.15) is 21.5 Å². The Labute approximate surface area is 151 Å². The fourth-order valence-electron chi connectivity index (χ4n) is 2.60. The smallest absolute Gasteiger partial charge is 0.279 e. The summed E-state index contributed by atoms with van der Waals surface area (Å²) >= 11 is 0. The van der Waals surface area contributed by atoms with Gasteiger partial charge in [0.05, 0.1) is 11.8 Å². The highest BCUT2D eigenvalue weighted by atomic mass is 32.2. The molecular weight excluding hydrogens is 352 g/mol. The summed E-state index contributed by atoms with van der Waals surface area (Å²) < 4.78 is 27.9. The van der Waals surface area contributed by atoms with Crippen LogP contribution in [0.2, 0.25) is 0 Å². The van der Waals surface area contributed by atoms with E-state index in [1.54, 1.807) is 36.4 Å². The zero-order valence-corrected chi connectivity index (χ0v) is 15.1. The summed E-state index contributed by atoms with van der Waals surface area (Å²) in [7, 11) is -4.00. The molecule has 7 nitrogen and oxygen atoms in total. The number of carbonyl (C=O) groups is 1. The van der Waals surface area contributed by atoms with Gasteiger partial charge in [0.2, 0.25) is 0 Å². The lowest BCUT2D eigenvalue weighted by Crippen LogP contribution is -2.19. The number of benzene rings is 2. The van der Waals surface area contributed by atoms with Crippen molar-refractivity contribution in [1.29, 1.82) is 0 Å². The van der Waals surface area contributed by atoms with Crippen molar-refractivity contribution in [2.24, 2.45) is 0 Å². The molecule has 26 heavy (non-hydrogen) atoms. The number of aromatic nitrogens is 2. The minimum Gasteiger partial charge on any atom is -0.322 e. The molecule has 3 aromatic rings. The molecule has 2 aromatic carbocycles. The molecule has 0 fully saturated rings. The van der Waals surface area contributed by atoms with Crippen molar-refractivity contribution in [3.8, 4) is 0 Å². The molecule has 0 aliphatic heterocycles. The van der Waals surface area contributed by atoms with E-state index in [2.05, 4.69) is 20.2 Å². The third-order valence-electron chi connectivity index (χ3n) is 3.62. The molecule has 1 amide bonds. The van der Waals surface area contributed by atoms with Crippen molar-refractivity contribution in [3.05, 3.63) is 71.4 Å². The number of carbonyl (C=O) groups excluding carboxylic acids is 1. The van der Waals surface area contributed by atoms with Gasteiger partial charge >= 0.3 is 0 Å². The van der Waals surface area contributed by atoms with Crippen LogP contribution in [0, 0.1) is 13.8 Å². The number of H-pyrrole nitrogens is 1. The van der Waals surface area contributed by atoms with Gasteiger partial charge in [-0.3, -0.25) is 14.6 Å². The lowest BCUT2D eigenvalue weighted by atomic mass is 10.1. The van der Waals surface area contributed by atoms with Gasteiger partial charge in [0.1, 0.15) is 0 Å². The monoisotopic (exact) mass is 370 g/mol. The molecule has 0 atom stereocenters. The van der Waals surface area contributed by atoms with Crippen molar-refractivity contribution in [3.63, 3.8) is 0 Å². The standard InChI is InChI=1S/C18H18N4O3S/c1-12-8-13(2)10-15(9-12)22-26(24,25)18-16(11-19-21-18)17(23)20-14-6-4-3-5-7-14/h3-11,22H,1-2H3,(H,19,21)(H,20,23). The van der Waals surface area contributed by atoms with Crippen molar-refractivity contribution in [2.45, 2.75) is 18.9 Å². The average Bonchev–Trinajstić information content (AvgIpc) is 3.05. The van der Waals surface area contributed by atoms with E-state index in [1.807, 2.05) is 26.0 Å². The number of nitrogens with zero attached hydrogens (tertiary/aromatic N) is 1. The second-order valence-electron chi connectivity index (χ2n) is 5.91. The van der Waals surface area contributed by atoms with Gasteiger partial charge in [-0.25, -0.2) is 0 Å². The molecule has 0 spiro atoms. The molecule has 1 aromatic heterocycles. The maximum absolute atomic E-state index is 12.7. The second-order valence-corrected chi connectivity index (χ2v) is 7.53. The van der Waals surface area contributed by atoms with Crippen LogP contribution in [0.15, 0.2) is 59.8 Å². The first-order valence-electron chi connectivity index (χ1n) is 7.86. The Morgan fingerprint density at radius 2 is 1.65 bits per heavy atom. The predicted octanol–water partition coefficient (Wildman–Crippen LogP) is 3.08. The van der Waals surface area contributed by atoms with Crippen LogP contribution in [-0.2, 0) is 10.0 Å². The lowest BCUT2D eigenvalue weighted by molar-refractivity contribution is 0.102. The van der Waals surface area contributed by atoms with Crippen molar-refractivity contribution >= 4 is 27.3 Å². The molecule has 134 valence electrons. The van der Waals surface area contributed by atoms with Gasteiger partial charge in [0, 0.05) is 11.4 Å². The zero-order chi connectivity index (χ0) is 18.7. The SMILES string of the molecule is Cc1cc(C)cc(NS(=O)(=O)c2[nH]ncc2C(=O)Nc2ccccc2)c1. The van der Waals surface area contributed by atoms with Gasteiger partial charge in [-0.05, 0) is 49.2 Å². The van der Waals surface area contributed by atoms with Gasteiger partial charge in [0.25, 0.3) is 15.9 Å². The fourth-order valence-corrected chi connectivity index (χ4v) is 3.74. The highest BCUT2D eigenvalue weighted by molar-refractivity contribution is 7.92. The molecule has 0 saturated carbocycles. The first kappa shape index (κ1) is 17.7. The predicted molar refractivity (Wildman–Crippen MR) is 99.7 cm³/mol. The number of sulfonamides is 1. The van der Waals surface area contributed by atoms with Crippen LogP contribution in [0.5, 0.6) is 0 Å². The lowest BCUT2D eigenvalue weighted by Gasteiger charge is -2.10. The van der Waals surface area contributed by atoms with E-state index in [0.717, 1.165) is 11.1 Å². The van der Waals surface area contributed by atoms with Crippen LogP contribution in [-0.4, -0.2) is 24.5 Å². The summed E-state index contributed by atoms with van der Waals surface area (Å²) in [5, 5.41) is 8.48. The maximum atomic E-state index is 12.7. The van der Waals surface area contributed by atoms with E-state index < -0.39 is 15.9 Å². The Hall–Kier alpha value is -3.13. The fraction of sp³-hybridized carbons (Fsp3) is 0.111. The van der Waals surface area contributed by atoms with Crippen LogP contribution in [0.25, 0.3) is 0 Å². The van der Waals surface area contributed by atoms with Crippen LogP contribution in [0.3, 0.4) is 0 Å². The summed E-state index contributed by atoms with van der Waals surface area (Å²) in [6.45, 7) is 3.75. The number of anilines is 2. The molecule has 3 N–H and O–H groups in total. The molecular formula is C18H18N4O3S. The van der Waals surface area contributed by atoms with Gasteiger partial charge in [-0.2, -0.15) is 13.5 Å². The minimum absolute atomic E-state index is 0.0641. The average molecular weight is 370 g/mol. The Morgan fingerprint density at radius 3 is 2.31 bits per heavy atom. The molecule has 0 radical (unpaired) electrons. The third kappa shape index (κ3) is 3.92. The number of para-hydroxylation sites is 1. The van der Waals surface area contributed by atoms with Gasteiger partial charge in [0.15, 0.2) is 5.03 Å². The van der Waals surface area contributed by atoms with Crippen molar-refractivity contribution < 1.29 is 13.2 Å². The molecule has 3 rings (SSSR count). The van der Waals surface area contributed by atoms with Gasteiger partial charge < -0.3 is 5.32 Å². The number of amides is 1. The normalized spacial score (nSPS) is 11.2. The summed E-state index contributed by atoms with van der Waals surface area (Å²) in [5.41, 5.74) is 2.77. The number of rotatable bonds is 5. The highest BCUT2D eigenvalue weighted by Crippen LogP contribution is 2.20. The summed E-state index contributed by atoms with van der Waals surface area (Å²) in [5.74, 6) is -0.564. The quantitative estimate of drug-likeness (QED) is 0.642. The Balaban J connectivity index is 1.87. The van der Waals surface area contributed by atoms with E-state index in [1.165, 1.54) is 6.20 Å². The second kappa shape index (κ2) is 7.01. The first-order chi connectivity index (χ1) is 12.3. The summed E-state index contributed by atoms with van der Waals surface area (Å²) in [4.78, 5) is 12.4. The van der Waals surface area contributed by atoms with Gasteiger partial charge in [-0.15, -0.1) is 0 Å². The maximum Gasteiger partial charge on any atom is 0.279 e. The molecule has 1 heterocycles. The molecule has 0 saturated heterocycles. The number of aromatic amines is 1. The van der Waals surface area contributed by atoms with Crippen LogP contribution in [0.4, 0.5) is 11.4 Å². The van der Waals surface area contributed by atoms with E-state index in [0.29, 0.717) is 11.4 Å². The molecule has 8 heteroatoms. The largest absolute Gasteiger partial charge is 0.322 e. The number of hydrogen-bond acceptors (Lipinski definition) is 4. The van der Waals surface area contributed by atoms with E-state index >= 15 is 0 Å². The molecule has 0 aliphatic carbocycles. The number of hydrogen-bond donors (Lipinski definition) is 3. The van der Waals surface area contributed by atoms with E-state index in [9.17, 15) is 13.2 Å². The number of nitrogens with one attached hydrogen (secondary N) is 3. The Bertz CT molecular complexity index is 1020. The summed E-state index contributed by atoms with van der Waals surface area (Å²) in [6.07, 6.45) is 1.19. The van der Waals surface area contributed by atoms with Crippen LogP contribution >= 0.6 is 0 Å². The van der Waals surface area contributed by atoms with E-state index in [4.69, 9.17) is 0 Å². The Kier molecular flexibility index (Phi) is 4.77. The third-order valence-corrected chi connectivity index (χ3v) is 4.98. The zero-order valence-electron chi connectivity index (χ0n) is 14.3. The topological polar surface area (TPSA) is 104 Å². The van der Waals surface area contributed by atoms with Gasteiger partial charge in [-0.1, -0.05) is 24.3 Å². The van der Waals surface area contributed by atoms with Crippen molar-refractivity contribution in [2.75, 3.05) is 10.0 Å². The molecule has 0 unspecified atom stereocenters. The Morgan fingerprint density at radius 1 is 1.00 bits per heavy atom. The first-order valence-corrected chi connectivity index (χ1v) is 9.34. The van der Waals surface area contributed by atoms with Crippen LogP contribution < -0.4 is 10.0 Å². The molecule has 0 bridgehead atoms.